The van der Waals surface area contributed by atoms with Gasteiger partial charge < -0.3 is 15.1 Å². The molecule has 0 bridgehead atoms. The van der Waals surface area contributed by atoms with Gasteiger partial charge in [0.05, 0.1) is 13.0 Å². The molecule has 5 nitrogen and oxygen atoms in total. The first-order chi connectivity index (χ1) is 7.20. The second-order valence-electron chi connectivity index (χ2n) is 3.17. The molecular formula is C8H12F3NO4. The molecule has 1 unspecified atom stereocenters. The summed E-state index contributed by atoms with van der Waals surface area (Å²) in [7, 11) is 0. The zero-order valence-electron chi connectivity index (χ0n) is 8.49. The van der Waals surface area contributed by atoms with Crippen molar-refractivity contribution in [3.05, 3.63) is 0 Å². The van der Waals surface area contributed by atoms with Crippen molar-refractivity contribution in [1.29, 1.82) is 0 Å². The molecule has 0 spiro atoms. The fourth-order valence-corrected chi connectivity index (χ4v) is 1.16. The lowest BCUT2D eigenvalue weighted by Crippen LogP contribution is -2.47. The van der Waals surface area contributed by atoms with Crippen LogP contribution >= 0.6 is 0 Å². The third-order valence-corrected chi connectivity index (χ3v) is 1.85. The molecule has 2 N–H and O–H groups in total. The van der Waals surface area contributed by atoms with E-state index in [1.165, 1.54) is 6.92 Å². The van der Waals surface area contributed by atoms with Crippen LogP contribution in [0.2, 0.25) is 0 Å². The predicted molar refractivity (Wildman–Crippen MR) is 46.6 cm³/mol. The van der Waals surface area contributed by atoms with Crippen LogP contribution in [-0.4, -0.2) is 52.4 Å². The maximum Gasteiger partial charge on any atom is 0.471 e. The van der Waals surface area contributed by atoms with Crippen LogP contribution in [0.5, 0.6) is 0 Å². The maximum absolute atomic E-state index is 12.1. The van der Waals surface area contributed by atoms with Gasteiger partial charge in [-0.25, -0.2) is 0 Å². The smallest absolute Gasteiger partial charge is 0.471 e. The van der Waals surface area contributed by atoms with Gasteiger partial charge in [0.25, 0.3) is 0 Å². The Hall–Kier alpha value is -1.31. The number of alkyl halides is 3. The Labute approximate surface area is 89.5 Å². The van der Waals surface area contributed by atoms with Crippen LogP contribution in [-0.2, 0) is 9.59 Å². The largest absolute Gasteiger partial charge is 0.481 e. The standard InChI is InChI=1S/C8H12F3NO4/c1-5(4-6(14)15)12(2-3-13)7(16)8(9,10)11/h5,13H,2-4H2,1H3,(H,14,15). The van der Waals surface area contributed by atoms with E-state index in [4.69, 9.17) is 10.2 Å². The van der Waals surface area contributed by atoms with Gasteiger partial charge in [-0.1, -0.05) is 0 Å². The topological polar surface area (TPSA) is 77.8 Å². The SMILES string of the molecule is CC(CC(=O)O)N(CCO)C(=O)C(F)(F)F. The minimum absolute atomic E-state index is 0.300. The van der Waals surface area contributed by atoms with Gasteiger partial charge >= 0.3 is 18.1 Å². The number of carbonyl (C=O) groups excluding carboxylic acids is 1. The molecule has 1 atom stereocenters. The molecule has 0 saturated carbocycles. The summed E-state index contributed by atoms with van der Waals surface area (Å²) in [6.45, 7) is -0.0357. The maximum atomic E-state index is 12.1. The molecule has 0 aromatic heterocycles. The second-order valence-corrected chi connectivity index (χ2v) is 3.17. The van der Waals surface area contributed by atoms with Crippen molar-refractivity contribution in [1.82, 2.24) is 4.90 Å². The highest BCUT2D eigenvalue weighted by Crippen LogP contribution is 2.20. The molecule has 0 fully saturated rings. The van der Waals surface area contributed by atoms with E-state index < -0.39 is 43.7 Å². The minimum atomic E-state index is -5.07. The van der Waals surface area contributed by atoms with Crippen LogP contribution in [0.25, 0.3) is 0 Å². The molecule has 1 amide bonds. The molecule has 0 rings (SSSR count). The summed E-state index contributed by atoms with van der Waals surface area (Å²) in [5, 5.41) is 16.9. The van der Waals surface area contributed by atoms with E-state index in [2.05, 4.69) is 0 Å². The van der Waals surface area contributed by atoms with E-state index in [0.29, 0.717) is 4.90 Å². The molecule has 0 aliphatic heterocycles. The van der Waals surface area contributed by atoms with E-state index in [0.717, 1.165) is 0 Å². The van der Waals surface area contributed by atoms with E-state index in [-0.39, 0.29) is 0 Å². The Morgan fingerprint density at radius 3 is 2.19 bits per heavy atom. The number of amides is 1. The number of hydrogen-bond donors (Lipinski definition) is 2. The molecule has 0 aromatic rings. The average Bonchev–Trinajstić information content (AvgIpc) is 2.10. The quantitative estimate of drug-likeness (QED) is 0.724. The molecule has 0 aliphatic rings. The highest BCUT2D eigenvalue weighted by molar-refractivity contribution is 5.82. The van der Waals surface area contributed by atoms with Gasteiger partial charge in [0.2, 0.25) is 0 Å². The molecule has 16 heavy (non-hydrogen) atoms. The van der Waals surface area contributed by atoms with E-state index in [9.17, 15) is 22.8 Å². The number of carbonyl (C=O) groups is 2. The summed E-state index contributed by atoms with van der Waals surface area (Å²) in [6.07, 6.45) is -5.68. The van der Waals surface area contributed by atoms with Crippen LogP contribution in [0.15, 0.2) is 0 Å². The van der Waals surface area contributed by atoms with Crippen molar-refractivity contribution >= 4 is 11.9 Å². The number of rotatable bonds is 5. The van der Waals surface area contributed by atoms with Crippen LogP contribution < -0.4 is 0 Å². The number of halogens is 3. The monoisotopic (exact) mass is 243 g/mol. The summed E-state index contributed by atoms with van der Waals surface area (Å²) in [5.41, 5.74) is 0. The normalized spacial score (nSPS) is 13.3. The molecule has 8 heteroatoms. The molecule has 0 saturated heterocycles. The van der Waals surface area contributed by atoms with Gasteiger partial charge in [0, 0.05) is 12.6 Å². The number of carboxylic acids is 1. The highest BCUT2D eigenvalue weighted by Gasteiger charge is 2.43. The van der Waals surface area contributed by atoms with Crippen LogP contribution in [0, 0.1) is 0 Å². The lowest BCUT2D eigenvalue weighted by Gasteiger charge is -2.28. The van der Waals surface area contributed by atoms with Crippen LogP contribution in [0.3, 0.4) is 0 Å². The Morgan fingerprint density at radius 2 is 1.88 bits per heavy atom. The Balaban J connectivity index is 4.72. The van der Waals surface area contributed by atoms with Gasteiger partial charge in [0.1, 0.15) is 0 Å². The van der Waals surface area contributed by atoms with Gasteiger partial charge in [0.15, 0.2) is 0 Å². The first-order valence-corrected chi connectivity index (χ1v) is 4.40. The van der Waals surface area contributed by atoms with Gasteiger partial charge in [-0.3, -0.25) is 9.59 Å². The number of aliphatic hydroxyl groups excluding tert-OH is 1. The zero-order chi connectivity index (χ0) is 12.9. The Bertz CT molecular complexity index is 266. The van der Waals surface area contributed by atoms with Crippen LogP contribution in [0.1, 0.15) is 13.3 Å². The van der Waals surface area contributed by atoms with Gasteiger partial charge in [-0.05, 0) is 6.92 Å². The van der Waals surface area contributed by atoms with E-state index in [1.54, 1.807) is 0 Å². The van der Waals surface area contributed by atoms with Crippen LogP contribution in [0.4, 0.5) is 13.2 Å². The molecule has 0 aliphatic carbocycles. The first-order valence-electron chi connectivity index (χ1n) is 4.40. The summed E-state index contributed by atoms with van der Waals surface area (Å²) in [4.78, 5) is 21.5. The predicted octanol–water partition coefficient (Wildman–Crippen LogP) is 0.233. The third kappa shape index (κ3) is 4.47. The number of carboxylic acid groups (broad SMARTS) is 1. The first kappa shape index (κ1) is 14.7. The summed E-state index contributed by atoms with van der Waals surface area (Å²) in [5.74, 6) is -3.46. The Kier molecular flexibility index (Phi) is 5.22. The Morgan fingerprint density at radius 1 is 1.38 bits per heavy atom. The molecular weight excluding hydrogens is 231 g/mol. The summed E-state index contributed by atoms with van der Waals surface area (Å²) < 4.78 is 36.3. The molecule has 0 heterocycles. The lowest BCUT2D eigenvalue weighted by molar-refractivity contribution is -0.188. The summed E-state index contributed by atoms with van der Waals surface area (Å²) in [6, 6.07) is -1.13. The van der Waals surface area contributed by atoms with Crippen molar-refractivity contribution in [2.75, 3.05) is 13.2 Å². The van der Waals surface area contributed by atoms with E-state index >= 15 is 0 Å². The minimum Gasteiger partial charge on any atom is -0.481 e. The van der Waals surface area contributed by atoms with Crippen molar-refractivity contribution in [2.24, 2.45) is 0 Å². The number of hydrogen-bond acceptors (Lipinski definition) is 3. The lowest BCUT2D eigenvalue weighted by atomic mass is 10.2. The third-order valence-electron chi connectivity index (χ3n) is 1.85. The van der Waals surface area contributed by atoms with Gasteiger partial charge in [-0.15, -0.1) is 0 Å². The average molecular weight is 243 g/mol. The number of nitrogens with zero attached hydrogens (tertiary/aromatic N) is 1. The van der Waals surface area contributed by atoms with Crippen molar-refractivity contribution < 1.29 is 33.0 Å². The molecule has 94 valence electrons. The van der Waals surface area contributed by atoms with Crippen molar-refractivity contribution in [3.63, 3.8) is 0 Å². The van der Waals surface area contributed by atoms with Crippen molar-refractivity contribution in [2.45, 2.75) is 25.6 Å². The molecule has 0 radical (unpaired) electrons. The van der Waals surface area contributed by atoms with E-state index in [1.807, 2.05) is 0 Å². The number of aliphatic carboxylic acids is 1. The molecule has 0 aromatic carbocycles. The zero-order valence-corrected chi connectivity index (χ0v) is 8.49. The fraction of sp³-hybridized carbons (Fsp3) is 0.750. The van der Waals surface area contributed by atoms with Gasteiger partial charge in [-0.2, -0.15) is 13.2 Å². The fourth-order valence-electron chi connectivity index (χ4n) is 1.16. The summed E-state index contributed by atoms with van der Waals surface area (Å²) >= 11 is 0. The second kappa shape index (κ2) is 5.69. The highest BCUT2D eigenvalue weighted by atomic mass is 19.4. The van der Waals surface area contributed by atoms with Crippen molar-refractivity contribution in [3.8, 4) is 0 Å². The number of aliphatic hydroxyl groups is 1.